The maximum Gasteiger partial charge on any atom is 0.413 e. The molecule has 0 aliphatic carbocycles. The summed E-state index contributed by atoms with van der Waals surface area (Å²) in [5.74, 6) is 0. The molecule has 16 heavy (non-hydrogen) atoms. The average molecular weight is 298 g/mol. The zero-order valence-electron chi connectivity index (χ0n) is 8.57. The number of alkyl halides is 3. The molecule has 1 aromatic rings. The average Bonchev–Trinajstić information content (AvgIpc) is 2.17. The predicted octanol–water partition coefficient (Wildman–Crippen LogP) is 3.34. The standard InChI is InChI=1S/C10H11BrF3NO/c1-7-4-8(2-3-9(7)11)5-15-16-6-10(12,13)14/h2-4,15H,5-6H2,1H3. The van der Waals surface area contributed by atoms with Gasteiger partial charge >= 0.3 is 6.18 Å². The van der Waals surface area contributed by atoms with Crippen LogP contribution in [-0.2, 0) is 11.4 Å². The van der Waals surface area contributed by atoms with Crippen LogP contribution < -0.4 is 5.48 Å². The molecule has 1 N–H and O–H groups in total. The van der Waals surface area contributed by atoms with Gasteiger partial charge < -0.3 is 0 Å². The molecule has 0 saturated carbocycles. The van der Waals surface area contributed by atoms with E-state index in [1.54, 1.807) is 6.07 Å². The third-order valence-corrected chi connectivity index (χ3v) is 2.73. The van der Waals surface area contributed by atoms with Crippen molar-refractivity contribution in [2.75, 3.05) is 6.61 Å². The van der Waals surface area contributed by atoms with E-state index in [0.717, 1.165) is 15.6 Å². The van der Waals surface area contributed by atoms with Gasteiger partial charge in [0.15, 0.2) is 6.61 Å². The van der Waals surface area contributed by atoms with Gasteiger partial charge in [0.1, 0.15) is 0 Å². The highest BCUT2D eigenvalue weighted by Crippen LogP contribution is 2.17. The SMILES string of the molecule is Cc1cc(CNOCC(F)(F)F)ccc1Br. The van der Waals surface area contributed by atoms with Crippen LogP contribution in [-0.4, -0.2) is 12.8 Å². The van der Waals surface area contributed by atoms with E-state index in [1.165, 1.54) is 0 Å². The fourth-order valence-electron chi connectivity index (χ4n) is 1.08. The summed E-state index contributed by atoms with van der Waals surface area (Å²) >= 11 is 3.34. The van der Waals surface area contributed by atoms with Crippen molar-refractivity contribution in [1.82, 2.24) is 5.48 Å². The molecule has 0 bridgehead atoms. The van der Waals surface area contributed by atoms with Crippen molar-refractivity contribution in [3.05, 3.63) is 33.8 Å². The lowest BCUT2D eigenvalue weighted by Crippen LogP contribution is -2.24. The summed E-state index contributed by atoms with van der Waals surface area (Å²) in [6.07, 6.45) is -4.30. The summed E-state index contributed by atoms with van der Waals surface area (Å²) in [4.78, 5) is 4.29. The molecule has 2 nitrogen and oxygen atoms in total. The molecule has 6 heteroatoms. The predicted molar refractivity (Wildman–Crippen MR) is 57.7 cm³/mol. The minimum Gasteiger partial charge on any atom is -0.292 e. The van der Waals surface area contributed by atoms with Crippen LogP contribution in [0.4, 0.5) is 13.2 Å². The molecule has 0 fully saturated rings. The van der Waals surface area contributed by atoms with Gasteiger partial charge in [0, 0.05) is 11.0 Å². The Morgan fingerprint density at radius 2 is 2.06 bits per heavy atom. The maximum atomic E-state index is 11.7. The highest BCUT2D eigenvalue weighted by atomic mass is 79.9. The molecule has 0 aliphatic heterocycles. The first-order valence-electron chi connectivity index (χ1n) is 4.55. The summed E-state index contributed by atoms with van der Waals surface area (Å²) in [7, 11) is 0. The number of halogens is 4. The number of hydrogen-bond donors (Lipinski definition) is 1. The lowest BCUT2D eigenvalue weighted by atomic mass is 10.1. The Labute approximate surface area is 99.9 Å². The van der Waals surface area contributed by atoms with E-state index in [0.29, 0.717) is 0 Å². The molecule has 0 spiro atoms. The number of nitrogens with one attached hydrogen (secondary N) is 1. The maximum absolute atomic E-state index is 11.7. The van der Waals surface area contributed by atoms with Crippen LogP contribution in [0.25, 0.3) is 0 Å². The van der Waals surface area contributed by atoms with Crippen molar-refractivity contribution in [2.24, 2.45) is 0 Å². The summed E-state index contributed by atoms with van der Waals surface area (Å²) in [5, 5.41) is 0. The molecule has 0 aromatic heterocycles. The van der Waals surface area contributed by atoms with Crippen molar-refractivity contribution < 1.29 is 18.0 Å². The van der Waals surface area contributed by atoms with Crippen molar-refractivity contribution in [2.45, 2.75) is 19.6 Å². The molecule has 1 rings (SSSR count). The van der Waals surface area contributed by atoms with Gasteiger partial charge in [0.25, 0.3) is 0 Å². The van der Waals surface area contributed by atoms with Crippen molar-refractivity contribution in [1.29, 1.82) is 0 Å². The Kier molecular flexibility index (Phi) is 4.76. The van der Waals surface area contributed by atoms with Crippen molar-refractivity contribution in [3.8, 4) is 0 Å². The molecular formula is C10H11BrF3NO. The number of rotatable bonds is 4. The van der Waals surface area contributed by atoms with Crippen LogP contribution in [0.2, 0.25) is 0 Å². The van der Waals surface area contributed by atoms with Gasteiger partial charge in [-0.1, -0.05) is 28.1 Å². The van der Waals surface area contributed by atoms with E-state index in [9.17, 15) is 13.2 Å². The number of aryl methyl sites for hydroxylation is 1. The number of benzene rings is 1. The summed E-state index contributed by atoms with van der Waals surface area (Å²) < 4.78 is 36.1. The van der Waals surface area contributed by atoms with E-state index in [-0.39, 0.29) is 6.54 Å². The second kappa shape index (κ2) is 5.65. The van der Waals surface area contributed by atoms with Crippen LogP contribution >= 0.6 is 15.9 Å². The minimum absolute atomic E-state index is 0.240. The molecule has 0 amide bonds. The Balaban J connectivity index is 2.35. The first kappa shape index (κ1) is 13.5. The van der Waals surface area contributed by atoms with Crippen LogP contribution in [0.15, 0.2) is 22.7 Å². The topological polar surface area (TPSA) is 21.3 Å². The van der Waals surface area contributed by atoms with Gasteiger partial charge in [-0.25, -0.2) is 0 Å². The summed E-state index contributed by atoms with van der Waals surface area (Å²) in [6, 6.07) is 5.52. The lowest BCUT2D eigenvalue weighted by Gasteiger charge is -2.09. The molecule has 0 radical (unpaired) electrons. The monoisotopic (exact) mass is 297 g/mol. The van der Waals surface area contributed by atoms with Gasteiger partial charge in [-0.15, -0.1) is 0 Å². The lowest BCUT2D eigenvalue weighted by molar-refractivity contribution is -0.190. The Morgan fingerprint density at radius 1 is 1.38 bits per heavy atom. The molecule has 0 atom stereocenters. The van der Waals surface area contributed by atoms with Crippen molar-refractivity contribution in [3.63, 3.8) is 0 Å². The molecule has 0 unspecified atom stereocenters. The minimum atomic E-state index is -4.30. The Morgan fingerprint density at radius 3 is 2.62 bits per heavy atom. The zero-order chi connectivity index (χ0) is 12.2. The molecular weight excluding hydrogens is 287 g/mol. The largest absolute Gasteiger partial charge is 0.413 e. The molecule has 1 aromatic carbocycles. The quantitative estimate of drug-likeness (QED) is 0.680. The van der Waals surface area contributed by atoms with Gasteiger partial charge in [-0.05, 0) is 24.1 Å². The summed E-state index contributed by atoms with van der Waals surface area (Å²) in [5.41, 5.74) is 4.16. The van der Waals surface area contributed by atoms with Crippen LogP contribution in [0.1, 0.15) is 11.1 Å². The van der Waals surface area contributed by atoms with Gasteiger partial charge in [-0.2, -0.15) is 18.7 Å². The highest BCUT2D eigenvalue weighted by Gasteiger charge is 2.27. The second-order valence-corrected chi connectivity index (χ2v) is 4.16. The fraction of sp³-hybridized carbons (Fsp3) is 0.400. The van der Waals surface area contributed by atoms with E-state index >= 15 is 0 Å². The molecule has 90 valence electrons. The van der Waals surface area contributed by atoms with E-state index in [4.69, 9.17) is 0 Å². The molecule has 0 heterocycles. The Hall–Kier alpha value is -0.590. The Bertz CT molecular complexity index is 354. The van der Waals surface area contributed by atoms with Crippen molar-refractivity contribution >= 4 is 15.9 Å². The van der Waals surface area contributed by atoms with E-state index in [2.05, 4.69) is 26.2 Å². The third-order valence-electron chi connectivity index (χ3n) is 1.84. The molecule has 0 saturated heterocycles. The third kappa shape index (κ3) is 4.96. The van der Waals surface area contributed by atoms with E-state index < -0.39 is 12.8 Å². The van der Waals surface area contributed by atoms with E-state index in [1.807, 2.05) is 19.1 Å². The first-order valence-corrected chi connectivity index (χ1v) is 5.34. The van der Waals surface area contributed by atoms with Gasteiger partial charge in [0.2, 0.25) is 0 Å². The van der Waals surface area contributed by atoms with Crippen LogP contribution in [0.3, 0.4) is 0 Å². The second-order valence-electron chi connectivity index (χ2n) is 3.31. The fourth-order valence-corrected chi connectivity index (χ4v) is 1.33. The van der Waals surface area contributed by atoms with Gasteiger partial charge in [-0.3, -0.25) is 4.84 Å². The molecule has 0 aliphatic rings. The highest BCUT2D eigenvalue weighted by molar-refractivity contribution is 9.10. The summed E-state index contributed by atoms with van der Waals surface area (Å²) in [6.45, 7) is 0.858. The van der Waals surface area contributed by atoms with Crippen LogP contribution in [0.5, 0.6) is 0 Å². The number of hydrogen-bond acceptors (Lipinski definition) is 2. The number of hydroxylamine groups is 1. The first-order chi connectivity index (χ1) is 7.38. The van der Waals surface area contributed by atoms with Crippen LogP contribution in [0, 0.1) is 6.92 Å². The zero-order valence-corrected chi connectivity index (χ0v) is 10.2. The van der Waals surface area contributed by atoms with Gasteiger partial charge in [0.05, 0.1) is 0 Å². The smallest absolute Gasteiger partial charge is 0.292 e. The normalized spacial score (nSPS) is 11.8.